The summed E-state index contributed by atoms with van der Waals surface area (Å²) in [6.45, 7) is 2.48. The fourth-order valence-corrected chi connectivity index (χ4v) is 4.18. The third-order valence-corrected chi connectivity index (χ3v) is 5.92. The van der Waals surface area contributed by atoms with E-state index in [4.69, 9.17) is 6.42 Å². The summed E-state index contributed by atoms with van der Waals surface area (Å²) in [5.74, 6) is 2.73. The van der Waals surface area contributed by atoms with Gasteiger partial charge in [0.25, 0.3) is 5.91 Å². The molecular formula is C24H20N8O. The van der Waals surface area contributed by atoms with Gasteiger partial charge in [0.05, 0.1) is 23.0 Å². The van der Waals surface area contributed by atoms with Gasteiger partial charge < -0.3 is 9.80 Å². The number of pyridine rings is 2. The number of amides is 1. The van der Waals surface area contributed by atoms with Gasteiger partial charge >= 0.3 is 0 Å². The number of carbonyl (C=O) groups excluding carboxylic acids is 1. The van der Waals surface area contributed by atoms with Crippen LogP contribution >= 0.6 is 0 Å². The van der Waals surface area contributed by atoms with Crippen LogP contribution in [0.25, 0.3) is 27.9 Å². The van der Waals surface area contributed by atoms with Gasteiger partial charge in [-0.05, 0) is 30.2 Å². The van der Waals surface area contributed by atoms with E-state index in [2.05, 4.69) is 32.1 Å². The number of piperazine rings is 1. The molecule has 0 unspecified atom stereocenters. The first-order valence-corrected chi connectivity index (χ1v) is 10.5. The number of aromatic nitrogens is 5. The molecule has 1 aliphatic heterocycles. The maximum atomic E-state index is 11.7. The number of hydrogen-bond donors (Lipinski definition) is 0. The number of rotatable bonds is 3. The Balaban J connectivity index is 1.50. The molecule has 0 aromatic carbocycles. The number of aryl methyl sites for hydroxylation is 1. The largest absolute Gasteiger partial charge is 0.353 e. The Hall–Kier alpha value is -4.63. The predicted molar refractivity (Wildman–Crippen MR) is 123 cm³/mol. The van der Waals surface area contributed by atoms with E-state index >= 15 is 0 Å². The van der Waals surface area contributed by atoms with E-state index in [9.17, 15) is 10.1 Å². The second kappa shape index (κ2) is 8.13. The Labute approximate surface area is 190 Å². The summed E-state index contributed by atoms with van der Waals surface area (Å²) in [4.78, 5) is 20.2. The average molecular weight is 436 g/mol. The van der Waals surface area contributed by atoms with Crippen LogP contribution in [-0.2, 0) is 11.8 Å². The minimum absolute atomic E-state index is 0.274. The van der Waals surface area contributed by atoms with Crippen molar-refractivity contribution in [2.45, 2.75) is 0 Å². The average Bonchev–Trinajstić information content (AvgIpc) is 3.49. The molecule has 1 saturated heterocycles. The normalized spacial score (nSPS) is 13.7. The van der Waals surface area contributed by atoms with Crippen molar-refractivity contribution < 1.29 is 4.79 Å². The molecule has 4 aromatic heterocycles. The van der Waals surface area contributed by atoms with E-state index in [0.717, 1.165) is 33.7 Å². The molecule has 0 atom stereocenters. The van der Waals surface area contributed by atoms with Crippen LogP contribution in [0, 0.1) is 23.7 Å². The van der Waals surface area contributed by atoms with Gasteiger partial charge in [0.15, 0.2) is 0 Å². The number of hydrogen-bond acceptors (Lipinski definition) is 6. The Morgan fingerprint density at radius 2 is 1.91 bits per heavy atom. The molecule has 9 nitrogen and oxygen atoms in total. The smallest absolute Gasteiger partial charge is 0.298 e. The van der Waals surface area contributed by atoms with E-state index in [0.29, 0.717) is 31.7 Å². The molecule has 162 valence electrons. The number of anilines is 1. The van der Waals surface area contributed by atoms with Crippen molar-refractivity contribution in [2.75, 3.05) is 31.1 Å². The number of terminal acetylenes is 1. The van der Waals surface area contributed by atoms with Crippen LogP contribution in [-0.4, -0.2) is 61.4 Å². The third kappa shape index (κ3) is 3.56. The lowest BCUT2D eigenvalue weighted by Crippen LogP contribution is -2.48. The van der Waals surface area contributed by atoms with Crippen LogP contribution in [0.4, 0.5) is 5.82 Å². The molecular weight excluding hydrogens is 416 g/mol. The molecule has 0 saturated carbocycles. The topological polar surface area (TPSA) is 95.4 Å². The molecule has 0 N–H and O–H groups in total. The number of nitrogens with zero attached hydrogens (tertiary/aromatic N) is 8. The van der Waals surface area contributed by atoms with Gasteiger partial charge in [0, 0.05) is 68.5 Å². The van der Waals surface area contributed by atoms with E-state index in [-0.39, 0.29) is 5.91 Å². The standard InChI is InChI=1S/C24H20N8O/c1-3-23(33)31-10-8-30(9-11-31)22-5-4-17(14-26-22)20-12-18(21-6-7-27-29(21)2)16-32-24(20)19(13-25)15-28-32/h1,4-7,12,14-16H,8-11H2,2H3. The minimum atomic E-state index is -0.274. The summed E-state index contributed by atoms with van der Waals surface area (Å²) in [5, 5.41) is 18.3. The highest BCUT2D eigenvalue weighted by Crippen LogP contribution is 2.32. The molecule has 5 rings (SSSR count). The molecule has 0 bridgehead atoms. The quantitative estimate of drug-likeness (QED) is 0.456. The molecule has 9 heteroatoms. The van der Waals surface area contributed by atoms with Crippen LogP contribution in [0.15, 0.2) is 49.1 Å². The Morgan fingerprint density at radius 1 is 1.09 bits per heavy atom. The second-order valence-electron chi connectivity index (χ2n) is 7.77. The van der Waals surface area contributed by atoms with Crippen molar-refractivity contribution in [1.29, 1.82) is 5.26 Å². The first-order valence-electron chi connectivity index (χ1n) is 10.5. The van der Waals surface area contributed by atoms with E-state index in [1.807, 2.05) is 43.7 Å². The third-order valence-electron chi connectivity index (χ3n) is 5.92. The Bertz CT molecular complexity index is 1430. The summed E-state index contributed by atoms with van der Waals surface area (Å²) < 4.78 is 3.53. The van der Waals surface area contributed by atoms with Crippen LogP contribution in [0.2, 0.25) is 0 Å². The van der Waals surface area contributed by atoms with Gasteiger partial charge in [-0.25, -0.2) is 9.50 Å². The minimum Gasteiger partial charge on any atom is -0.353 e. The van der Waals surface area contributed by atoms with Crippen molar-refractivity contribution in [3.8, 4) is 40.8 Å². The van der Waals surface area contributed by atoms with Crippen LogP contribution < -0.4 is 4.90 Å². The molecule has 0 spiro atoms. The summed E-state index contributed by atoms with van der Waals surface area (Å²) in [7, 11) is 1.89. The van der Waals surface area contributed by atoms with E-state index in [1.54, 1.807) is 26.5 Å². The number of carbonyl (C=O) groups is 1. The summed E-state index contributed by atoms with van der Waals surface area (Å²) >= 11 is 0. The zero-order valence-corrected chi connectivity index (χ0v) is 18.0. The van der Waals surface area contributed by atoms with Gasteiger partial charge in [-0.1, -0.05) is 0 Å². The fourth-order valence-electron chi connectivity index (χ4n) is 4.18. The van der Waals surface area contributed by atoms with Crippen molar-refractivity contribution in [3.05, 3.63) is 54.6 Å². The van der Waals surface area contributed by atoms with Crippen LogP contribution in [0.3, 0.4) is 0 Å². The number of fused-ring (bicyclic) bond motifs is 1. The van der Waals surface area contributed by atoms with Crippen molar-refractivity contribution in [1.82, 2.24) is 29.3 Å². The first kappa shape index (κ1) is 20.3. The molecule has 4 aromatic rings. The molecule has 1 aliphatic rings. The highest BCUT2D eigenvalue weighted by Gasteiger charge is 2.21. The molecule has 33 heavy (non-hydrogen) atoms. The lowest BCUT2D eigenvalue weighted by atomic mass is 10.0. The highest BCUT2D eigenvalue weighted by atomic mass is 16.2. The molecule has 0 aliphatic carbocycles. The first-order chi connectivity index (χ1) is 16.1. The zero-order chi connectivity index (χ0) is 22.9. The molecule has 5 heterocycles. The van der Waals surface area contributed by atoms with Crippen molar-refractivity contribution in [2.24, 2.45) is 7.05 Å². The maximum absolute atomic E-state index is 11.7. The summed E-state index contributed by atoms with van der Waals surface area (Å²) in [5.41, 5.74) is 4.86. The Kier molecular flexibility index (Phi) is 5.00. The second-order valence-corrected chi connectivity index (χ2v) is 7.77. The molecule has 1 fully saturated rings. The van der Waals surface area contributed by atoms with Gasteiger partial charge in [-0.3, -0.25) is 9.48 Å². The fraction of sp³-hybridized carbons (Fsp3) is 0.208. The summed E-state index contributed by atoms with van der Waals surface area (Å²) in [6, 6.07) is 10.2. The van der Waals surface area contributed by atoms with E-state index < -0.39 is 0 Å². The predicted octanol–water partition coefficient (Wildman–Crippen LogP) is 1.95. The van der Waals surface area contributed by atoms with Crippen LogP contribution in [0.5, 0.6) is 0 Å². The van der Waals surface area contributed by atoms with Crippen LogP contribution in [0.1, 0.15) is 5.56 Å². The van der Waals surface area contributed by atoms with Gasteiger partial charge in [0.1, 0.15) is 11.9 Å². The Morgan fingerprint density at radius 3 is 2.55 bits per heavy atom. The van der Waals surface area contributed by atoms with Gasteiger partial charge in [0.2, 0.25) is 0 Å². The van der Waals surface area contributed by atoms with Gasteiger partial charge in [-0.15, -0.1) is 6.42 Å². The lowest BCUT2D eigenvalue weighted by Gasteiger charge is -2.34. The zero-order valence-electron chi connectivity index (χ0n) is 18.0. The molecule has 0 radical (unpaired) electrons. The van der Waals surface area contributed by atoms with Crippen molar-refractivity contribution >= 4 is 17.2 Å². The monoisotopic (exact) mass is 436 g/mol. The maximum Gasteiger partial charge on any atom is 0.298 e. The highest BCUT2D eigenvalue weighted by molar-refractivity contribution is 5.93. The lowest BCUT2D eigenvalue weighted by molar-refractivity contribution is -0.125. The van der Waals surface area contributed by atoms with Gasteiger partial charge in [-0.2, -0.15) is 15.5 Å². The SMILES string of the molecule is C#CC(=O)N1CCN(c2ccc(-c3cc(-c4ccnn4C)cn4ncc(C#N)c34)cn2)CC1. The van der Waals surface area contributed by atoms with Crippen molar-refractivity contribution in [3.63, 3.8) is 0 Å². The number of nitriles is 1. The van der Waals surface area contributed by atoms with E-state index in [1.165, 1.54) is 0 Å². The molecule has 1 amide bonds. The summed E-state index contributed by atoms with van der Waals surface area (Å²) in [6.07, 6.45) is 12.3.